The van der Waals surface area contributed by atoms with Gasteiger partial charge in [0.05, 0.1) is 12.2 Å². The van der Waals surface area contributed by atoms with Crippen molar-refractivity contribution in [3.63, 3.8) is 0 Å². The van der Waals surface area contributed by atoms with Gasteiger partial charge < -0.3 is 15.7 Å². The quantitative estimate of drug-likeness (QED) is 0.380. The molecule has 0 amide bonds. The molecule has 3 N–H and O–H groups in total. The van der Waals surface area contributed by atoms with Crippen LogP contribution in [0, 0.1) is 6.92 Å². The Labute approximate surface area is 115 Å². The molecule has 2 heterocycles. The Bertz CT molecular complexity index is 567. The third-order valence-electron chi connectivity index (χ3n) is 2.55. The van der Waals surface area contributed by atoms with E-state index in [2.05, 4.69) is 16.2 Å². The molecule has 2 aromatic rings. The minimum absolute atomic E-state index is 0.00127. The molecule has 0 atom stereocenters. The van der Waals surface area contributed by atoms with E-state index in [0.29, 0.717) is 18.1 Å². The Hall–Kier alpha value is -2.08. The topological polar surface area (TPSA) is 80.7 Å². The lowest BCUT2D eigenvalue weighted by atomic mass is 10.2. The van der Waals surface area contributed by atoms with Crippen LogP contribution < -0.4 is 10.5 Å². The number of amidine groups is 1. The molecule has 0 spiro atoms. The van der Waals surface area contributed by atoms with E-state index in [9.17, 15) is 0 Å². The van der Waals surface area contributed by atoms with Gasteiger partial charge in [-0.15, -0.1) is 11.3 Å². The summed E-state index contributed by atoms with van der Waals surface area (Å²) >= 11 is 1.69. The molecule has 0 saturated carbocycles. The van der Waals surface area contributed by atoms with Crippen LogP contribution in [0.1, 0.15) is 16.1 Å². The maximum atomic E-state index is 8.74. The van der Waals surface area contributed by atoms with Gasteiger partial charge >= 0.3 is 0 Å². The van der Waals surface area contributed by atoms with E-state index in [1.165, 1.54) is 4.88 Å². The van der Waals surface area contributed by atoms with Gasteiger partial charge in [0.25, 0.3) is 0 Å². The average Bonchev–Trinajstić information content (AvgIpc) is 2.91. The van der Waals surface area contributed by atoms with Gasteiger partial charge in [-0.1, -0.05) is 11.2 Å². The minimum atomic E-state index is -0.00127. The van der Waals surface area contributed by atoms with Crippen LogP contribution in [0.25, 0.3) is 0 Å². The predicted molar refractivity (Wildman–Crippen MR) is 75.0 cm³/mol. The number of hydrogen-bond donors (Lipinski definition) is 2. The summed E-state index contributed by atoms with van der Waals surface area (Å²) in [5.41, 5.74) is 6.91. The lowest BCUT2D eigenvalue weighted by Gasteiger charge is -2.09. The zero-order chi connectivity index (χ0) is 13.7. The zero-order valence-electron chi connectivity index (χ0n) is 10.5. The van der Waals surface area contributed by atoms with Crippen LogP contribution in [0.15, 0.2) is 34.8 Å². The number of aryl methyl sites for hydroxylation is 1. The molecular formula is C13H15N3O2S. The molecule has 100 valence electrons. The second-order valence-electron chi connectivity index (χ2n) is 3.97. The van der Waals surface area contributed by atoms with Gasteiger partial charge in [-0.3, -0.25) is 0 Å². The number of aromatic nitrogens is 1. The van der Waals surface area contributed by atoms with E-state index in [1.807, 2.05) is 18.4 Å². The molecule has 6 heteroatoms. The van der Waals surface area contributed by atoms with E-state index in [4.69, 9.17) is 15.7 Å². The highest BCUT2D eigenvalue weighted by Crippen LogP contribution is 2.17. The number of hydrogen-bond acceptors (Lipinski definition) is 5. The lowest BCUT2D eigenvalue weighted by Crippen LogP contribution is -2.16. The smallest absolute Gasteiger partial charge is 0.224 e. The molecule has 0 bridgehead atoms. The first-order valence-corrected chi connectivity index (χ1v) is 6.69. The number of nitrogens with two attached hydrogens (primary N) is 1. The highest BCUT2D eigenvalue weighted by Gasteiger charge is 2.10. The van der Waals surface area contributed by atoms with Gasteiger partial charge in [-0.05, 0) is 30.5 Å². The fraction of sp³-hybridized carbons (Fsp3) is 0.231. The summed E-state index contributed by atoms with van der Waals surface area (Å²) in [5.74, 6) is 0.394. The van der Waals surface area contributed by atoms with Crippen LogP contribution in [0.3, 0.4) is 0 Å². The molecule has 0 aliphatic carbocycles. The Morgan fingerprint density at radius 2 is 2.32 bits per heavy atom. The first-order valence-electron chi connectivity index (χ1n) is 5.81. The van der Waals surface area contributed by atoms with Gasteiger partial charge in [-0.2, -0.15) is 0 Å². The summed E-state index contributed by atoms with van der Waals surface area (Å²) in [6.07, 6.45) is 0.808. The van der Waals surface area contributed by atoms with Gasteiger partial charge in [-0.25, -0.2) is 4.98 Å². The molecule has 5 nitrogen and oxygen atoms in total. The Morgan fingerprint density at radius 1 is 1.47 bits per heavy atom. The molecule has 0 unspecified atom stereocenters. The second kappa shape index (κ2) is 6.19. The first-order chi connectivity index (χ1) is 9.20. The van der Waals surface area contributed by atoms with Crippen LogP contribution >= 0.6 is 11.3 Å². The van der Waals surface area contributed by atoms with Crippen molar-refractivity contribution in [1.82, 2.24) is 4.98 Å². The minimum Gasteiger partial charge on any atom is -0.477 e. The third kappa shape index (κ3) is 3.45. The van der Waals surface area contributed by atoms with Crippen LogP contribution in [-0.4, -0.2) is 22.6 Å². The molecule has 19 heavy (non-hydrogen) atoms. The monoisotopic (exact) mass is 277 g/mol. The lowest BCUT2D eigenvalue weighted by molar-refractivity contribution is 0.306. The summed E-state index contributed by atoms with van der Waals surface area (Å²) in [6, 6.07) is 7.59. The fourth-order valence-electron chi connectivity index (χ4n) is 1.59. The summed E-state index contributed by atoms with van der Waals surface area (Å²) in [4.78, 5) is 5.52. The number of pyridine rings is 1. The molecule has 2 rings (SSSR count). The van der Waals surface area contributed by atoms with Crippen molar-refractivity contribution in [2.45, 2.75) is 13.3 Å². The summed E-state index contributed by atoms with van der Waals surface area (Å²) in [5, 5.41) is 13.8. The van der Waals surface area contributed by atoms with E-state index in [-0.39, 0.29) is 5.84 Å². The second-order valence-corrected chi connectivity index (χ2v) is 5.00. The molecule has 2 aromatic heterocycles. The van der Waals surface area contributed by atoms with Crippen LogP contribution in [0.4, 0.5) is 0 Å². The normalized spacial score (nSPS) is 11.5. The number of ether oxygens (including phenoxy) is 1. The summed E-state index contributed by atoms with van der Waals surface area (Å²) in [7, 11) is 0. The summed E-state index contributed by atoms with van der Waals surface area (Å²) < 4.78 is 5.64. The number of thiophene rings is 1. The maximum absolute atomic E-state index is 8.74. The SMILES string of the molecule is Cc1ccc(C(N)=NO)c(OCCc2cccs2)n1. The van der Waals surface area contributed by atoms with Gasteiger partial charge in [0, 0.05) is 17.0 Å². The molecule has 0 aliphatic rings. The molecule has 0 fully saturated rings. The molecule has 0 aromatic carbocycles. The number of rotatable bonds is 5. The Balaban J connectivity index is 2.08. The van der Waals surface area contributed by atoms with Crippen molar-refractivity contribution in [3.05, 3.63) is 45.8 Å². The largest absolute Gasteiger partial charge is 0.477 e. The highest BCUT2D eigenvalue weighted by atomic mass is 32.1. The van der Waals surface area contributed by atoms with E-state index in [1.54, 1.807) is 23.5 Å². The van der Waals surface area contributed by atoms with Gasteiger partial charge in [0.2, 0.25) is 5.88 Å². The molecular weight excluding hydrogens is 262 g/mol. The summed E-state index contributed by atoms with van der Waals surface area (Å²) in [6.45, 7) is 2.37. The van der Waals surface area contributed by atoms with Crippen molar-refractivity contribution in [2.75, 3.05) is 6.61 Å². The first kappa shape index (κ1) is 13.4. The average molecular weight is 277 g/mol. The van der Waals surface area contributed by atoms with Gasteiger partial charge in [0.15, 0.2) is 5.84 Å². The highest BCUT2D eigenvalue weighted by molar-refractivity contribution is 7.09. The third-order valence-corrected chi connectivity index (χ3v) is 3.49. The van der Waals surface area contributed by atoms with Crippen molar-refractivity contribution < 1.29 is 9.94 Å². The van der Waals surface area contributed by atoms with E-state index in [0.717, 1.165) is 12.1 Å². The standard InChI is InChI=1S/C13H15N3O2S/c1-9-4-5-11(12(14)16-17)13(15-9)18-7-6-10-3-2-8-19-10/h2-5,8,17H,6-7H2,1H3,(H2,14,16). The van der Waals surface area contributed by atoms with Crippen LogP contribution in [0.2, 0.25) is 0 Å². The van der Waals surface area contributed by atoms with Crippen molar-refractivity contribution in [3.8, 4) is 5.88 Å². The van der Waals surface area contributed by atoms with Crippen LogP contribution in [-0.2, 0) is 6.42 Å². The fourth-order valence-corrected chi connectivity index (χ4v) is 2.29. The predicted octanol–water partition coefficient (Wildman–Crippen LogP) is 2.17. The van der Waals surface area contributed by atoms with E-state index < -0.39 is 0 Å². The van der Waals surface area contributed by atoms with Gasteiger partial charge in [0.1, 0.15) is 0 Å². The van der Waals surface area contributed by atoms with E-state index >= 15 is 0 Å². The molecule has 0 aliphatic heterocycles. The number of oxime groups is 1. The van der Waals surface area contributed by atoms with Crippen LogP contribution in [0.5, 0.6) is 5.88 Å². The molecule has 0 radical (unpaired) electrons. The maximum Gasteiger partial charge on any atom is 0.224 e. The Kier molecular flexibility index (Phi) is 4.35. The van der Waals surface area contributed by atoms with Crippen molar-refractivity contribution >= 4 is 17.2 Å². The van der Waals surface area contributed by atoms with Crippen molar-refractivity contribution in [1.29, 1.82) is 0 Å². The molecule has 0 saturated heterocycles. The Morgan fingerprint density at radius 3 is 3.00 bits per heavy atom. The number of nitrogens with zero attached hydrogens (tertiary/aromatic N) is 2. The zero-order valence-corrected chi connectivity index (χ0v) is 11.4. The van der Waals surface area contributed by atoms with Crippen molar-refractivity contribution in [2.24, 2.45) is 10.9 Å².